The minimum Gasteiger partial charge on any atom is -0.363 e. The van der Waals surface area contributed by atoms with Crippen molar-refractivity contribution in [3.8, 4) is 0 Å². The number of piperazine rings is 1. The fourth-order valence-corrected chi connectivity index (χ4v) is 2.49. The summed E-state index contributed by atoms with van der Waals surface area (Å²) in [7, 11) is 0. The molecule has 0 amide bonds. The number of hydrogen-bond donors (Lipinski definition) is 1. The second-order valence-electron chi connectivity index (χ2n) is 6.42. The zero-order valence-electron chi connectivity index (χ0n) is 11.7. The van der Waals surface area contributed by atoms with E-state index in [1.54, 1.807) is 0 Å². The lowest BCUT2D eigenvalue weighted by molar-refractivity contribution is 0.260. The molecule has 1 N–H and O–H groups in total. The van der Waals surface area contributed by atoms with Crippen LogP contribution in [-0.4, -0.2) is 24.2 Å². The highest BCUT2D eigenvalue weighted by atomic mass is 15.3. The lowest BCUT2D eigenvalue weighted by atomic mass is 9.90. The third kappa shape index (κ3) is 2.47. The highest BCUT2D eigenvalue weighted by molar-refractivity contribution is 5.56. The molecule has 94 valence electrons. The van der Waals surface area contributed by atoms with Gasteiger partial charge in [0.1, 0.15) is 0 Å². The minimum atomic E-state index is 0.168. The van der Waals surface area contributed by atoms with Crippen LogP contribution in [0.3, 0.4) is 0 Å². The summed E-state index contributed by atoms with van der Waals surface area (Å²) in [5, 5.41) is 3.63. The van der Waals surface area contributed by atoms with Gasteiger partial charge >= 0.3 is 0 Å². The molecule has 1 aromatic rings. The molecule has 0 saturated carbocycles. The van der Waals surface area contributed by atoms with E-state index in [0.29, 0.717) is 0 Å². The van der Waals surface area contributed by atoms with E-state index in [9.17, 15) is 0 Å². The van der Waals surface area contributed by atoms with Crippen LogP contribution >= 0.6 is 0 Å². The lowest BCUT2D eigenvalue weighted by Gasteiger charge is -2.51. The Morgan fingerprint density at radius 2 is 1.76 bits per heavy atom. The Kier molecular flexibility index (Phi) is 2.94. The first kappa shape index (κ1) is 12.4. The molecule has 0 aromatic heterocycles. The van der Waals surface area contributed by atoms with Gasteiger partial charge in [-0.1, -0.05) is 18.2 Å². The Morgan fingerprint density at radius 3 is 2.41 bits per heavy atom. The molecule has 1 saturated heterocycles. The molecular formula is C15H24N2. The summed E-state index contributed by atoms with van der Waals surface area (Å²) >= 11 is 0. The fraction of sp³-hybridized carbons (Fsp3) is 0.600. The fourth-order valence-electron chi connectivity index (χ4n) is 2.49. The summed E-state index contributed by atoms with van der Waals surface area (Å²) < 4.78 is 0. The highest BCUT2D eigenvalue weighted by Gasteiger charge is 2.37. The van der Waals surface area contributed by atoms with E-state index in [2.05, 4.69) is 69.1 Å². The second kappa shape index (κ2) is 4.02. The Hall–Kier alpha value is -1.02. The smallest absolute Gasteiger partial charge is 0.0471 e. The normalized spacial score (nSPS) is 22.5. The van der Waals surface area contributed by atoms with Gasteiger partial charge in [-0.15, -0.1) is 0 Å². The van der Waals surface area contributed by atoms with Gasteiger partial charge in [0.2, 0.25) is 0 Å². The topological polar surface area (TPSA) is 15.3 Å². The van der Waals surface area contributed by atoms with Crippen LogP contribution < -0.4 is 10.2 Å². The van der Waals surface area contributed by atoms with Crippen LogP contribution in [0.5, 0.6) is 0 Å². The van der Waals surface area contributed by atoms with E-state index in [1.807, 2.05) is 0 Å². The van der Waals surface area contributed by atoms with Crippen molar-refractivity contribution in [3.05, 3.63) is 29.8 Å². The van der Waals surface area contributed by atoms with E-state index in [1.165, 1.54) is 11.3 Å². The summed E-state index contributed by atoms with van der Waals surface area (Å²) in [4.78, 5) is 2.54. The Labute approximate surface area is 105 Å². The summed E-state index contributed by atoms with van der Waals surface area (Å²) in [6.45, 7) is 13.4. The zero-order valence-corrected chi connectivity index (χ0v) is 11.7. The molecule has 1 heterocycles. The molecule has 0 unspecified atom stereocenters. The van der Waals surface area contributed by atoms with Crippen molar-refractivity contribution in [2.75, 3.05) is 18.0 Å². The van der Waals surface area contributed by atoms with Crippen molar-refractivity contribution in [3.63, 3.8) is 0 Å². The number of aryl methyl sites for hydroxylation is 1. The van der Waals surface area contributed by atoms with Gasteiger partial charge in [-0.05, 0) is 46.2 Å². The molecule has 2 nitrogen and oxygen atoms in total. The lowest BCUT2D eigenvalue weighted by Crippen LogP contribution is -2.66. The van der Waals surface area contributed by atoms with Gasteiger partial charge in [0.05, 0.1) is 0 Å². The quantitative estimate of drug-likeness (QED) is 0.801. The number of nitrogens with one attached hydrogen (secondary N) is 1. The predicted molar refractivity (Wildman–Crippen MR) is 74.7 cm³/mol. The number of para-hydroxylation sites is 1. The molecule has 0 radical (unpaired) electrons. The largest absolute Gasteiger partial charge is 0.363 e. The van der Waals surface area contributed by atoms with Gasteiger partial charge in [0, 0.05) is 29.9 Å². The first-order valence-electron chi connectivity index (χ1n) is 6.40. The third-order valence-electron chi connectivity index (χ3n) is 3.69. The van der Waals surface area contributed by atoms with Crippen molar-refractivity contribution >= 4 is 5.69 Å². The van der Waals surface area contributed by atoms with Crippen molar-refractivity contribution < 1.29 is 0 Å². The zero-order chi connectivity index (χ0) is 12.7. The highest BCUT2D eigenvalue weighted by Crippen LogP contribution is 2.31. The molecule has 0 atom stereocenters. The molecule has 2 rings (SSSR count). The molecule has 1 aliphatic rings. The van der Waals surface area contributed by atoms with Gasteiger partial charge in [-0.2, -0.15) is 0 Å². The standard InChI is InChI=1S/C15H24N2/c1-12-8-6-7-9-13(12)17-11-14(2,3)16-10-15(17,4)5/h6-9,16H,10-11H2,1-5H3. The molecular weight excluding hydrogens is 208 g/mol. The van der Waals surface area contributed by atoms with Crippen molar-refractivity contribution in [1.82, 2.24) is 5.32 Å². The maximum Gasteiger partial charge on any atom is 0.0471 e. The van der Waals surface area contributed by atoms with E-state index >= 15 is 0 Å². The number of anilines is 1. The average molecular weight is 232 g/mol. The van der Waals surface area contributed by atoms with E-state index in [4.69, 9.17) is 0 Å². The van der Waals surface area contributed by atoms with Gasteiger partial charge < -0.3 is 10.2 Å². The molecule has 0 spiro atoms. The van der Waals surface area contributed by atoms with E-state index in [-0.39, 0.29) is 11.1 Å². The van der Waals surface area contributed by atoms with Gasteiger partial charge in [0.25, 0.3) is 0 Å². The van der Waals surface area contributed by atoms with Crippen LogP contribution in [0.15, 0.2) is 24.3 Å². The van der Waals surface area contributed by atoms with Crippen molar-refractivity contribution in [1.29, 1.82) is 0 Å². The van der Waals surface area contributed by atoms with Crippen LogP contribution in [-0.2, 0) is 0 Å². The summed E-state index contributed by atoms with van der Waals surface area (Å²) in [6, 6.07) is 8.67. The number of benzene rings is 1. The van der Waals surface area contributed by atoms with Crippen LogP contribution in [0.25, 0.3) is 0 Å². The van der Waals surface area contributed by atoms with Crippen molar-refractivity contribution in [2.45, 2.75) is 45.7 Å². The number of rotatable bonds is 1. The van der Waals surface area contributed by atoms with E-state index in [0.717, 1.165) is 13.1 Å². The molecule has 0 aliphatic carbocycles. The van der Waals surface area contributed by atoms with Gasteiger partial charge in [-0.3, -0.25) is 0 Å². The Bertz CT molecular complexity index is 407. The van der Waals surface area contributed by atoms with E-state index < -0.39 is 0 Å². The Morgan fingerprint density at radius 1 is 1.12 bits per heavy atom. The summed E-state index contributed by atoms with van der Waals surface area (Å²) in [5.41, 5.74) is 3.07. The van der Waals surface area contributed by atoms with Crippen LogP contribution in [0.1, 0.15) is 33.3 Å². The third-order valence-corrected chi connectivity index (χ3v) is 3.69. The predicted octanol–water partition coefficient (Wildman–Crippen LogP) is 2.96. The summed E-state index contributed by atoms with van der Waals surface area (Å²) in [6.07, 6.45) is 0. The number of hydrogen-bond acceptors (Lipinski definition) is 2. The van der Waals surface area contributed by atoms with Crippen LogP contribution in [0.2, 0.25) is 0 Å². The molecule has 17 heavy (non-hydrogen) atoms. The van der Waals surface area contributed by atoms with Crippen LogP contribution in [0, 0.1) is 6.92 Å². The van der Waals surface area contributed by atoms with Crippen LogP contribution in [0.4, 0.5) is 5.69 Å². The maximum absolute atomic E-state index is 3.63. The Balaban J connectivity index is 2.38. The summed E-state index contributed by atoms with van der Waals surface area (Å²) in [5.74, 6) is 0. The first-order valence-corrected chi connectivity index (χ1v) is 6.40. The SMILES string of the molecule is Cc1ccccc1N1CC(C)(C)NCC1(C)C. The molecule has 1 fully saturated rings. The first-order chi connectivity index (χ1) is 7.82. The molecule has 1 aliphatic heterocycles. The van der Waals surface area contributed by atoms with Gasteiger partial charge in [0.15, 0.2) is 0 Å². The molecule has 1 aromatic carbocycles. The molecule has 2 heteroatoms. The number of nitrogens with zero attached hydrogens (tertiary/aromatic N) is 1. The maximum atomic E-state index is 3.63. The van der Waals surface area contributed by atoms with Crippen molar-refractivity contribution in [2.24, 2.45) is 0 Å². The molecule has 0 bridgehead atoms. The second-order valence-corrected chi connectivity index (χ2v) is 6.42. The minimum absolute atomic E-state index is 0.168. The van der Waals surface area contributed by atoms with Gasteiger partial charge in [-0.25, -0.2) is 0 Å². The monoisotopic (exact) mass is 232 g/mol. The average Bonchev–Trinajstić information content (AvgIpc) is 2.23.